The second kappa shape index (κ2) is 11.3. The number of rotatable bonds is 8. The number of hydrogen-bond donors (Lipinski definition) is 1. The Hall–Kier alpha value is -2.33. The smallest absolute Gasteiger partial charge is 0.407 e. The molecule has 0 aromatic heterocycles. The average molecular weight is 423 g/mol. The Bertz CT molecular complexity index is 736. The van der Waals surface area contributed by atoms with Gasteiger partial charge in [-0.3, -0.25) is 4.90 Å². The van der Waals surface area contributed by atoms with Gasteiger partial charge in [-0.25, -0.2) is 4.79 Å². The zero-order valence-corrected chi connectivity index (χ0v) is 19.3. The predicted molar refractivity (Wildman–Crippen MR) is 127 cm³/mol. The first kappa shape index (κ1) is 23.3. The molecule has 1 fully saturated rings. The van der Waals surface area contributed by atoms with Gasteiger partial charge in [0.25, 0.3) is 0 Å². The van der Waals surface area contributed by atoms with Gasteiger partial charge in [-0.1, -0.05) is 60.7 Å². The minimum Gasteiger partial charge on any atom is -0.449 e. The van der Waals surface area contributed by atoms with Gasteiger partial charge in [-0.2, -0.15) is 0 Å². The predicted octanol–water partition coefficient (Wildman–Crippen LogP) is 6.02. The molecule has 1 aliphatic rings. The fourth-order valence-corrected chi connectivity index (χ4v) is 4.35. The summed E-state index contributed by atoms with van der Waals surface area (Å²) in [5, 5.41) is 2.87. The molecule has 4 heteroatoms. The van der Waals surface area contributed by atoms with Crippen LogP contribution in [-0.2, 0) is 17.8 Å². The molecule has 1 amide bonds. The van der Waals surface area contributed by atoms with E-state index in [9.17, 15) is 4.79 Å². The Balaban J connectivity index is 1.48. The molecule has 0 unspecified atom stereocenters. The monoisotopic (exact) mass is 422 g/mol. The molecular formula is C27H38N2O2. The van der Waals surface area contributed by atoms with Crippen LogP contribution in [0, 0.1) is 11.8 Å². The summed E-state index contributed by atoms with van der Waals surface area (Å²) in [6, 6.07) is 21.5. The number of nitrogens with one attached hydrogen (secondary N) is 1. The van der Waals surface area contributed by atoms with Crippen LogP contribution in [0.3, 0.4) is 0 Å². The highest BCUT2D eigenvalue weighted by atomic mass is 16.5. The standard InChI is InChI=1S/C27H38N2O2/c1-27(2,3)28-26(30)31-21-25-16-14-24(15-17-25)20-29(18-22-10-6-4-7-11-22)19-23-12-8-5-9-13-23/h4-13,24-25H,14-21H2,1-3H3,(H,28,30). The van der Waals surface area contributed by atoms with Crippen molar-refractivity contribution in [2.75, 3.05) is 13.2 Å². The molecule has 0 heterocycles. The minimum atomic E-state index is -0.300. The molecule has 2 aromatic rings. The summed E-state index contributed by atoms with van der Waals surface area (Å²) >= 11 is 0. The van der Waals surface area contributed by atoms with Gasteiger partial charge >= 0.3 is 6.09 Å². The molecule has 1 saturated carbocycles. The first-order chi connectivity index (χ1) is 14.9. The van der Waals surface area contributed by atoms with Crippen LogP contribution in [0.1, 0.15) is 57.6 Å². The second-order valence-corrected chi connectivity index (χ2v) is 10.0. The van der Waals surface area contributed by atoms with Gasteiger partial charge < -0.3 is 10.1 Å². The van der Waals surface area contributed by atoms with Gasteiger partial charge in [0.15, 0.2) is 0 Å². The van der Waals surface area contributed by atoms with E-state index < -0.39 is 0 Å². The van der Waals surface area contributed by atoms with Crippen molar-refractivity contribution in [3.05, 3.63) is 71.8 Å². The lowest BCUT2D eigenvalue weighted by Crippen LogP contribution is -2.41. The Morgan fingerprint density at radius 3 is 1.84 bits per heavy atom. The molecule has 0 aliphatic heterocycles. The van der Waals surface area contributed by atoms with Crippen molar-refractivity contribution in [1.29, 1.82) is 0 Å². The third-order valence-corrected chi connectivity index (χ3v) is 5.91. The highest BCUT2D eigenvalue weighted by molar-refractivity contribution is 5.68. The Kier molecular flexibility index (Phi) is 8.53. The van der Waals surface area contributed by atoms with E-state index in [4.69, 9.17) is 4.74 Å². The fourth-order valence-electron chi connectivity index (χ4n) is 4.35. The van der Waals surface area contributed by atoms with E-state index in [0.717, 1.165) is 32.5 Å². The van der Waals surface area contributed by atoms with Crippen molar-refractivity contribution in [3.63, 3.8) is 0 Å². The number of nitrogens with zero attached hydrogens (tertiary/aromatic N) is 1. The third-order valence-electron chi connectivity index (χ3n) is 5.91. The summed E-state index contributed by atoms with van der Waals surface area (Å²) in [5.41, 5.74) is 2.48. The van der Waals surface area contributed by atoms with Gasteiger partial charge in [-0.05, 0) is 69.4 Å². The maximum atomic E-state index is 11.9. The van der Waals surface area contributed by atoms with Crippen molar-refractivity contribution >= 4 is 6.09 Å². The fraction of sp³-hybridized carbons (Fsp3) is 0.519. The summed E-state index contributed by atoms with van der Waals surface area (Å²) in [5.74, 6) is 1.19. The lowest BCUT2D eigenvalue weighted by atomic mass is 9.82. The van der Waals surface area contributed by atoms with E-state index in [-0.39, 0.29) is 11.6 Å². The van der Waals surface area contributed by atoms with Crippen molar-refractivity contribution < 1.29 is 9.53 Å². The minimum absolute atomic E-state index is 0.254. The van der Waals surface area contributed by atoms with Crippen LogP contribution >= 0.6 is 0 Å². The molecule has 4 nitrogen and oxygen atoms in total. The van der Waals surface area contributed by atoms with Crippen LogP contribution in [0.5, 0.6) is 0 Å². The Morgan fingerprint density at radius 1 is 0.871 bits per heavy atom. The number of carbonyl (C=O) groups excluding carboxylic acids is 1. The summed E-state index contributed by atoms with van der Waals surface area (Å²) in [6.45, 7) is 9.51. The van der Waals surface area contributed by atoms with Crippen LogP contribution in [0.15, 0.2) is 60.7 Å². The van der Waals surface area contributed by atoms with Gasteiger partial charge in [-0.15, -0.1) is 0 Å². The van der Waals surface area contributed by atoms with Crippen molar-refractivity contribution in [2.24, 2.45) is 11.8 Å². The van der Waals surface area contributed by atoms with Crippen LogP contribution in [-0.4, -0.2) is 29.7 Å². The summed E-state index contributed by atoms with van der Waals surface area (Å²) in [7, 11) is 0. The van der Waals surface area contributed by atoms with E-state index in [0.29, 0.717) is 18.4 Å². The van der Waals surface area contributed by atoms with Crippen LogP contribution < -0.4 is 5.32 Å². The molecule has 3 rings (SSSR count). The molecule has 0 saturated heterocycles. The van der Waals surface area contributed by atoms with Crippen molar-refractivity contribution in [2.45, 2.75) is 65.1 Å². The largest absolute Gasteiger partial charge is 0.449 e. The van der Waals surface area contributed by atoms with E-state index in [1.54, 1.807) is 0 Å². The van der Waals surface area contributed by atoms with Gasteiger partial charge in [0, 0.05) is 25.2 Å². The van der Waals surface area contributed by atoms with Gasteiger partial charge in [0.1, 0.15) is 0 Å². The van der Waals surface area contributed by atoms with E-state index >= 15 is 0 Å². The highest BCUT2D eigenvalue weighted by Crippen LogP contribution is 2.30. The molecule has 2 aromatic carbocycles. The Morgan fingerprint density at radius 2 is 1.35 bits per heavy atom. The molecule has 0 radical (unpaired) electrons. The van der Waals surface area contributed by atoms with E-state index in [1.165, 1.54) is 24.0 Å². The second-order valence-electron chi connectivity index (χ2n) is 10.0. The van der Waals surface area contributed by atoms with Gasteiger partial charge in [0.2, 0.25) is 0 Å². The lowest BCUT2D eigenvalue weighted by molar-refractivity contribution is 0.0958. The normalized spacial score (nSPS) is 19.2. The lowest BCUT2D eigenvalue weighted by Gasteiger charge is -2.33. The number of carbonyl (C=O) groups is 1. The summed E-state index contributed by atoms with van der Waals surface area (Å²) < 4.78 is 5.47. The number of amides is 1. The van der Waals surface area contributed by atoms with Crippen LogP contribution in [0.25, 0.3) is 0 Å². The maximum absolute atomic E-state index is 11.9. The number of hydrogen-bond acceptors (Lipinski definition) is 3. The molecule has 1 N–H and O–H groups in total. The molecule has 31 heavy (non-hydrogen) atoms. The molecule has 1 aliphatic carbocycles. The summed E-state index contributed by atoms with van der Waals surface area (Å²) in [4.78, 5) is 14.5. The average Bonchev–Trinajstić information content (AvgIpc) is 2.73. The zero-order valence-electron chi connectivity index (χ0n) is 19.3. The summed E-state index contributed by atoms with van der Waals surface area (Å²) in [6.07, 6.45) is 4.38. The SMILES string of the molecule is CC(C)(C)NC(=O)OCC1CCC(CN(Cc2ccccc2)Cc2ccccc2)CC1. The number of benzene rings is 2. The van der Waals surface area contributed by atoms with Crippen LogP contribution in [0.2, 0.25) is 0 Å². The van der Waals surface area contributed by atoms with E-state index in [1.807, 2.05) is 20.8 Å². The topological polar surface area (TPSA) is 41.6 Å². The first-order valence-electron chi connectivity index (χ1n) is 11.6. The van der Waals surface area contributed by atoms with Gasteiger partial charge in [0.05, 0.1) is 6.61 Å². The van der Waals surface area contributed by atoms with Crippen molar-refractivity contribution in [3.8, 4) is 0 Å². The van der Waals surface area contributed by atoms with Crippen LogP contribution in [0.4, 0.5) is 4.79 Å². The third kappa shape index (κ3) is 8.74. The Labute approximate surface area is 188 Å². The number of ether oxygens (including phenoxy) is 1. The highest BCUT2D eigenvalue weighted by Gasteiger charge is 2.25. The quantitative estimate of drug-likeness (QED) is 0.565. The van der Waals surface area contributed by atoms with Crippen molar-refractivity contribution in [1.82, 2.24) is 10.2 Å². The zero-order chi connectivity index (χ0) is 22.1. The molecule has 0 atom stereocenters. The number of alkyl carbamates (subject to hydrolysis) is 1. The molecule has 0 spiro atoms. The molecular weight excluding hydrogens is 384 g/mol. The molecule has 0 bridgehead atoms. The molecule has 168 valence electrons. The maximum Gasteiger partial charge on any atom is 0.407 e. The first-order valence-corrected chi connectivity index (χ1v) is 11.6. The van der Waals surface area contributed by atoms with E-state index in [2.05, 4.69) is 70.9 Å².